The van der Waals surface area contributed by atoms with Crippen LogP contribution < -0.4 is 15.4 Å². The molecule has 2 aliphatic rings. The van der Waals surface area contributed by atoms with Gasteiger partial charge in [0, 0.05) is 11.7 Å². The number of hydrogen-bond donors (Lipinski definition) is 3. The minimum Gasteiger partial charge on any atom is -0.325 e. The molecule has 1 amide bonds. The number of benzene rings is 1. The molecular formula is C16H23N3O3S. The van der Waals surface area contributed by atoms with Crippen molar-refractivity contribution in [2.75, 3.05) is 11.9 Å². The molecule has 0 radical (unpaired) electrons. The van der Waals surface area contributed by atoms with Gasteiger partial charge in [-0.3, -0.25) is 4.79 Å². The fraction of sp³-hybridized carbons (Fsp3) is 0.562. The normalized spacial score (nSPS) is 21.9. The fourth-order valence-corrected chi connectivity index (χ4v) is 4.33. The lowest BCUT2D eigenvalue weighted by Crippen LogP contribution is -2.43. The standard InChI is InChI=1S/C16H23N3O3S/c1-11-5-6-13(18-16(20)14-4-2-3-9-17-14)10-15(11)23(21,22)19-12-7-8-12/h5-6,10,12,14,17,19H,2-4,7-9H2,1H3,(H,18,20). The van der Waals surface area contributed by atoms with Crippen LogP contribution in [-0.2, 0) is 14.8 Å². The molecular weight excluding hydrogens is 314 g/mol. The van der Waals surface area contributed by atoms with Gasteiger partial charge in [0.15, 0.2) is 0 Å². The number of carbonyl (C=O) groups excluding carboxylic acids is 1. The maximum absolute atomic E-state index is 12.4. The summed E-state index contributed by atoms with van der Waals surface area (Å²) in [5.41, 5.74) is 1.19. The first-order chi connectivity index (χ1) is 11.0. The smallest absolute Gasteiger partial charge is 0.241 e. The van der Waals surface area contributed by atoms with Gasteiger partial charge in [-0.2, -0.15) is 0 Å². The summed E-state index contributed by atoms with van der Waals surface area (Å²) >= 11 is 0. The summed E-state index contributed by atoms with van der Waals surface area (Å²) in [4.78, 5) is 12.5. The molecule has 2 fully saturated rings. The lowest BCUT2D eigenvalue weighted by molar-refractivity contribution is -0.118. The molecule has 126 valence electrons. The Morgan fingerprint density at radius 2 is 2.00 bits per heavy atom. The Balaban J connectivity index is 1.75. The summed E-state index contributed by atoms with van der Waals surface area (Å²) in [7, 11) is -3.53. The van der Waals surface area contributed by atoms with E-state index in [0.29, 0.717) is 11.3 Å². The first kappa shape index (κ1) is 16.4. The van der Waals surface area contributed by atoms with Gasteiger partial charge in [-0.05, 0) is 56.8 Å². The molecule has 1 aliphatic heterocycles. The number of sulfonamides is 1. The Labute approximate surface area is 137 Å². The van der Waals surface area contributed by atoms with Gasteiger partial charge >= 0.3 is 0 Å². The van der Waals surface area contributed by atoms with Crippen LogP contribution in [0.4, 0.5) is 5.69 Å². The van der Waals surface area contributed by atoms with E-state index in [1.807, 2.05) is 0 Å². The summed E-state index contributed by atoms with van der Waals surface area (Å²) in [5.74, 6) is -0.105. The molecule has 1 heterocycles. The van der Waals surface area contributed by atoms with Crippen molar-refractivity contribution in [2.45, 2.75) is 56.0 Å². The minimum absolute atomic E-state index is 0.0593. The van der Waals surface area contributed by atoms with Crippen LogP contribution in [0, 0.1) is 6.92 Å². The zero-order valence-corrected chi connectivity index (χ0v) is 14.1. The third-order valence-electron chi connectivity index (χ3n) is 4.27. The van der Waals surface area contributed by atoms with E-state index in [9.17, 15) is 13.2 Å². The van der Waals surface area contributed by atoms with Gasteiger partial charge in [-0.1, -0.05) is 12.5 Å². The molecule has 0 aromatic heterocycles. The topological polar surface area (TPSA) is 87.3 Å². The quantitative estimate of drug-likeness (QED) is 0.760. The molecule has 0 spiro atoms. The number of rotatable bonds is 5. The van der Waals surface area contributed by atoms with E-state index >= 15 is 0 Å². The average Bonchev–Trinajstić information content (AvgIpc) is 3.33. The van der Waals surface area contributed by atoms with E-state index in [0.717, 1.165) is 38.6 Å². The predicted molar refractivity (Wildman–Crippen MR) is 88.8 cm³/mol. The van der Waals surface area contributed by atoms with Gasteiger partial charge in [0.05, 0.1) is 10.9 Å². The van der Waals surface area contributed by atoms with Crippen LogP contribution in [0.1, 0.15) is 37.7 Å². The van der Waals surface area contributed by atoms with Gasteiger partial charge in [0.25, 0.3) is 0 Å². The Kier molecular flexibility index (Phi) is 4.70. The lowest BCUT2D eigenvalue weighted by atomic mass is 10.0. The van der Waals surface area contributed by atoms with Crippen molar-refractivity contribution in [3.8, 4) is 0 Å². The van der Waals surface area contributed by atoms with E-state index in [1.54, 1.807) is 25.1 Å². The van der Waals surface area contributed by atoms with Crippen molar-refractivity contribution in [3.63, 3.8) is 0 Å². The summed E-state index contributed by atoms with van der Waals surface area (Å²) < 4.78 is 27.5. The van der Waals surface area contributed by atoms with Crippen molar-refractivity contribution < 1.29 is 13.2 Å². The van der Waals surface area contributed by atoms with E-state index in [1.165, 1.54) is 0 Å². The van der Waals surface area contributed by atoms with Gasteiger partial charge in [-0.15, -0.1) is 0 Å². The number of carbonyl (C=O) groups is 1. The molecule has 6 nitrogen and oxygen atoms in total. The number of nitrogens with one attached hydrogen (secondary N) is 3. The van der Waals surface area contributed by atoms with Gasteiger partial charge in [0.2, 0.25) is 15.9 Å². The van der Waals surface area contributed by atoms with Crippen molar-refractivity contribution in [1.82, 2.24) is 10.0 Å². The number of aryl methyl sites for hydroxylation is 1. The molecule has 3 rings (SSSR count). The molecule has 1 unspecified atom stereocenters. The van der Waals surface area contributed by atoms with Crippen LogP contribution in [-0.4, -0.2) is 33.0 Å². The van der Waals surface area contributed by atoms with Crippen LogP contribution in [0.5, 0.6) is 0 Å². The maximum Gasteiger partial charge on any atom is 0.241 e. The Hall–Kier alpha value is -1.44. The fourth-order valence-electron chi connectivity index (χ4n) is 2.76. The Bertz CT molecular complexity index is 693. The second-order valence-electron chi connectivity index (χ2n) is 6.37. The minimum atomic E-state index is -3.53. The molecule has 1 aromatic rings. The average molecular weight is 337 g/mol. The van der Waals surface area contributed by atoms with Crippen molar-refractivity contribution in [1.29, 1.82) is 0 Å². The van der Waals surface area contributed by atoms with E-state index in [2.05, 4.69) is 15.4 Å². The Morgan fingerprint density at radius 1 is 1.22 bits per heavy atom. The van der Waals surface area contributed by atoms with Crippen LogP contribution in [0.25, 0.3) is 0 Å². The van der Waals surface area contributed by atoms with Crippen molar-refractivity contribution in [3.05, 3.63) is 23.8 Å². The lowest BCUT2D eigenvalue weighted by Gasteiger charge is -2.22. The zero-order valence-electron chi connectivity index (χ0n) is 13.3. The predicted octanol–water partition coefficient (Wildman–Crippen LogP) is 1.52. The number of hydrogen-bond acceptors (Lipinski definition) is 4. The first-order valence-electron chi connectivity index (χ1n) is 8.13. The number of anilines is 1. The second kappa shape index (κ2) is 6.59. The monoisotopic (exact) mass is 337 g/mol. The zero-order chi connectivity index (χ0) is 16.4. The highest BCUT2D eigenvalue weighted by Gasteiger charge is 2.29. The molecule has 7 heteroatoms. The molecule has 0 bridgehead atoms. The van der Waals surface area contributed by atoms with Crippen LogP contribution >= 0.6 is 0 Å². The molecule has 1 saturated heterocycles. The SMILES string of the molecule is Cc1ccc(NC(=O)C2CCCCN2)cc1S(=O)(=O)NC1CC1. The summed E-state index contributed by atoms with van der Waals surface area (Å²) in [6.45, 7) is 2.60. The number of amides is 1. The van der Waals surface area contributed by atoms with E-state index in [4.69, 9.17) is 0 Å². The molecule has 3 N–H and O–H groups in total. The molecule has 1 atom stereocenters. The van der Waals surface area contributed by atoms with E-state index < -0.39 is 10.0 Å². The van der Waals surface area contributed by atoms with E-state index in [-0.39, 0.29) is 22.9 Å². The third kappa shape index (κ3) is 4.10. The largest absolute Gasteiger partial charge is 0.325 e. The summed E-state index contributed by atoms with van der Waals surface area (Å²) in [6, 6.07) is 4.87. The molecule has 1 aliphatic carbocycles. The molecule has 1 saturated carbocycles. The van der Waals surface area contributed by atoms with Crippen molar-refractivity contribution in [2.24, 2.45) is 0 Å². The second-order valence-corrected chi connectivity index (χ2v) is 8.05. The summed E-state index contributed by atoms with van der Waals surface area (Å²) in [6.07, 6.45) is 4.71. The van der Waals surface area contributed by atoms with Gasteiger partial charge in [-0.25, -0.2) is 13.1 Å². The highest BCUT2D eigenvalue weighted by atomic mass is 32.2. The summed E-state index contributed by atoms with van der Waals surface area (Å²) in [5, 5.41) is 6.01. The highest BCUT2D eigenvalue weighted by molar-refractivity contribution is 7.89. The number of piperidine rings is 1. The molecule has 23 heavy (non-hydrogen) atoms. The van der Waals surface area contributed by atoms with Crippen LogP contribution in [0.2, 0.25) is 0 Å². The highest BCUT2D eigenvalue weighted by Crippen LogP contribution is 2.25. The maximum atomic E-state index is 12.4. The third-order valence-corrected chi connectivity index (χ3v) is 5.93. The van der Waals surface area contributed by atoms with Crippen LogP contribution in [0.15, 0.2) is 23.1 Å². The molecule has 1 aromatic carbocycles. The van der Waals surface area contributed by atoms with Gasteiger partial charge < -0.3 is 10.6 Å². The van der Waals surface area contributed by atoms with Crippen LogP contribution in [0.3, 0.4) is 0 Å². The Morgan fingerprint density at radius 3 is 2.65 bits per heavy atom. The van der Waals surface area contributed by atoms with Crippen molar-refractivity contribution >= 4 is 21.6 Å². The first-order valence-corrected chi connectivity index (χ1v) is 9.61. The van der Waals surface area contributed by atoms with Gasteiger partial charge in [0.1, 0.15) is 0 Å².